The van der Waals surface area contributed by atoms with E-state index in [9.17, 15) is 4.79 Å². The zero-order valence-electron chi connectivity index (χ0n) is 9.13. The molecule has 0 saturated heterocycles. The van der Waals surface area contributed by atoms with Crippen LogP contribution in [0.1, 0.15) is 31.1 Å². The van der Waals surface area contributed by atoms with Gasteiger partial charge in [0.1, 0.15) is 13.6 Å². The van der Waals surface area contributed by atoms with E-state index in [4.69, 9.17) is 4.74 Å². The fraction of sp³-hybridized carbons (Fsp3) is 0.364. The fourth-order valence-corrected chi connectivity index (χ4v) is 1.33. The highest BCUT2D eigenvalue weighted by Crippen LogP contribution is 2.13. The average molecular weight is 190 g/mol. The normalized spacial score (nSPS) is 10.3. The van der Waals surface area contributed by atoms with Gasteiger partial charge in [-0.2, -0.15) is 0 Å². The zero-order valence-corrected chi connectivity index (χ0v) is 9.13. The highest BCUT2D eigenvalue weighted by atomic mass is 16.5. The van der Waals surface area contributed by atoms with Gasteiger partial charge in [0.2, 0.25) is 0 Å². The third-order valence-electron chi connectivity index (χ3n) is 1.96. The Morgan fingerprint density at radius 3 is 2.57 bits per heavy atom. The second kappa shape index (κ2) is 4.31. The molecule has 0 aliphatic carbocycles. The van der Waals surface area contributed by atoms with Gasteiger partial charge in [0, 0.05) is 5.56 Å². The van der Waals surface area contributed by atoms with Crippen molar-refractivity contribution in [3.63, 3.8) is 0 Å². The van der Waals surface area contributed by atoms with Crippen molar-refractivity contribution in [1.29, 1.82) is 0 Å². The van der Waals surface area contributed by atoms with Crippen molar-refractivity contribution < 1.29 is 9.53 Å². The van der Waals surface area contributed by atoms with Gasteiger partial charge in [0.25, 0.3) is 0 Å². The number of Topliss-reactive ketones (excluding diaryl/α,β-unsaturated/α-hetero) is 1. The van der Waals surface area contributed by atoms with Crippen molar-refractivity contribution >= 4 is 19.1 Å². The van der Waals surface area contributed by atoms with Crippen LogP contribution >= 0.6 is 0 Å². The Balaban J connectivity index is 3.00. The number of rotatable bonds is 3. The minimum atomic E-state index is 0.0803. The lowest BCUT2D eigenvalue weighted by Crippen LogP contribution is -2.15. The highest BCUT2D eigenvalue weighted by Gasteiger charge is 2.06. The van der Waals surface area contributed by atoms with Crippen molar-refractivity contribution in [2.24, 2.45) is 0 Å². The summed E-state index contributed by atoms with van der Waals surface area (Å²) in [5, 5.41) is 0. The number of carbonyl (C=O) groups excluding carboxylic acids is 1. The molecule has 3 heteroatoms. The summed E-state index contributed by atoms with van der Waals surface area (Å²) in [7, 11) is 1.93. The molecular formula is C11H15BO2. The first-order valence-corrected chi connectivity index (χ1v) is 4.79. The minimum absolute atomic E-state index is 0.0803. The number of ketones is 1. The van der Waals surface area contributed by atoms with Crippen LogP contribution in [0.15, 0.2) is 18.2 Å². The van der Waals surface area contributed by atoms with Gasteiger partial charge in [0.15, 0.2) is 5.78 Å². The quantitative estimate of drug-likeness (QED) is 0.523. The molecule has 0 aromatic heterocycles. The monoisotopic (exact) mass is 190 g/mol. The van der Waals surface area contributed by atoms with Crippen molar-refractivity contribution in [1.82, 2.24) is 0 Å². The molecule has 2 nitrogen and oxygen atoms in total. The molecule has 0 spiro atoms. The number of benzene rings is 1. The van der Waals surface area contributed by atoms with Crippen LogP contribution in [0.3, 0.4) is 0 Å². The van der Waals surface area contributed by atoms with Crippen LogP contribution in [-0.2, 0) is 0 Å². The number of hydrogen-bond acceptors (Lipinski definition) is 2. The van der Waals surface area contributed by atoms with E-state index in [1.54, 1.807) is 13.0 Å². The lowest BCUT2D eigenvalue weighted by molar-refractivity contribution is 0.101. The number of carbonyl (C=O) groups is 1. The summed E-state index contributed by atoms with van der Waals surface area (Å²) in [5.74, 6) is 0.840. The molecule has 0 heterocycles. The predicted octanol–water partition coefficient (Wildman–Crippen LogP) is 0.935. The minimum Gasteiger partial charge on any atom is -0.491 e. The first kappa shape index (κ1) is 10.8. The molecule has 1 rings (SSSR count). The van der Waals surface area contributed by atoms with Gasteiger partial charge in [-0.3, -0.25) is 4.79 Å². The Hall–Kier alpha value is -1.25. The third-order valence-corrected chi connectivity index (χ3v) is 1.96. The van der Waals surface area contributed by atoms with Crippen LogP contribution in [0.5, 0.6) is 5.75 Å². The van der Waals surface area contributed by atoms with Crippen molar-refractivity contribution in [3.05, 3.63) is 23.8 Å². The van der Waals surface area contributed by atoms with Crippen LogP contribution in [0.25, 0.3) is 0 Å². The van der Waals surface area contributed by atoms with E-state index < -0.39 is 0 Å². The molecule has 14 heavy (non-hydrogen) atoms. The average Bonchev–Trinajstić information content (AvgIpc) is 2.07. The SMILES string of the molecule is Bc1ccc(OC(C)C)cc1C(C)=O. The molecule has 0 bridgehead atoms. The molecule has 0 N–H and O–H groups in total. The molecule has 0 atom stereocenters. The first-order valence-electron chi connectivity index (χ1n) is 4.79. The first-order chi connectivity index (χ1) is 6.50. The molecule has 74 valence electrons. The topological polar surface area (TPSA) is 26.3 Å². The van der Waals surface area contributed by atoms with Crippen LogP contribution in [0.4, 0.5) is 0 Å². The van der Waals surface area contributed by atoms with Crippen molar-refractivity contribution in [3.8, 4) is 5.75 Å². The molecule has 0 aliphatic rings. The van der Waals surface area contributed by atoms with E-state index in [0.29, 0.717) is 0 Å². The van der Waals surface area contributed by atoms with E-state index in [2.05, 4.69) is 0 Å². The number of hydrogen-bond donors (Lipinski definition) is 0. The van der Waals surface area contributed by atoms with Gasteiger partial charge in [-0.15, -0.1) is 0 Å². The lowest BCUT2D eigenvalue weighted by Gasteiger charge is -2.11. The van der Waals surface area contributed by atoms with E-state index in [0.717, 1.165) is 16.8 Å². The molecule has 1 aromatic carbocycles. The van der Waals surface area contributed by atoms with Crippen LogP contribution in [0, 0.1) is 0 Å². The van der Waals surface area contributed by atoms with Crippen LogP contribution < -0.4 is 10.2 Å². The van der Waals surface area contributed by atoms with Gasteiger partial charge < -0.3 is 4.74 Å². The Bertz CT molecular complexity index is 345. The molecule has 0 saturated carbocycles. The van der Waals surface area contributed by atoms with Crippen LogP contribution in [0.2, 0.25) is 0 Å². The summed E-state index contributed by atoms with van der Waals surface area (Å²) in [4.78, 5) is 11.2. The Labute approximate surface area is 85.7 Å². The fourth-order valence-electron chi connectivity index (χ4n) is 1.33. The summed E-state index contributed by atoms with van der Waals surface area (Å²) in [6.45, 7) is 5.50. The molecule has 1 aromatic rings. The van der Waals surface area contributed by atoms with E-state index in [1.807, 2.05) is 33.8 Å². The van der Waals surface area contributed by atoms with Gasteiger partial charge in [0.05, 0.1) is 6.10 Å². The highest BCUT2D eigenvalue weighted by molar-refractivity contribution is 6.36. The summed E-state index contributed by atoms with van der Waals surface area (Å²) >= 11 is 0. The van der Waals surface area contributed by atoms with Crippen molar-refractivity contribution in [2.75, 3.05) is 0 Å². The van der Waals surface area contributed by atoms with Crippen LogP contribution in [-0.4, -0.2) is 19.7 Å². The summed E-state index contributed by atoms with van der Waals surface area (Å²) in [6.07, 6.45) is 0.137. The molecule has 0 fully saturated rings. The van der Waals surface area contributed by atoms with Gasteiger partial charge in [-0.1, -0.05) is 11.5 Å². The second-order valence-electron chi connectivity index (χ2n) is 3.70. The van der Waals surface area contributed by atoms with Gasteiger partial charge in [-0.05, 0) is 32.9 Å². The molecule has 0 amide bonds. The zero-order chi connectivity index (χ0) is 10.7. The smallest absolute Gasteiger partial charge is 0.159 e. The maximum absolute atomic E-state index is 11.2. The summed E-state index contributed by atoms with van der Waals surface area (Å²) in [5.41, 5.74) is 1.73. The molecular weight excluding hydrogens is 175 g/mol. The lowest BCUT2D eigenvalue weighted by atomic mass is 9.89. The Morgan fingerprint density at radius 2 is 2.07 bits per heavy atom. The van der Waals surface area contributed by atoms with E-state index in [-0.39, 0.29) is 11.9 Å². The molecule has 0 unspecified atom stereocenters. The Kier molecular flexibility index (Phi) is 3.34. The largest absolute Gasteiger partial charge is 0.491 e. The van der Waals surface area contributed by atoms with Gasteiger partial charge in [-0.25, -0.2) is 0 Å². The third kappa shape index (κ3) is 2.62. The van der Waals surface area contributed by atoms with Gasteiger partial charge >= 0.3 is 0 Å². The summed E-state index contributed by atoms with van der Waals surface area (Å²) < 4.78 is 5.51. The predicted molar refractivity (Wildman–Crippen MR) is 60.4 cm³/mol. The second-order valence-corrected chi connectivity index (χ2v) is 3.70. The van der Waals surface area contributed by atoms with E-state index >= 15 is 0 Å². The molecule has 0 aliphatic heterocycles. The van der Waals surface area contributed by atoms with E-state index in [1.165, 1.54) is 0 Å². The maximum atomic E-state index is 11.2. The Morgan fingerprint density at radius 1 is 1.43 bits per heavy atom. The standard InChI is InChI=1S/C11H15BO2/c1-7(2)14-9-4-5-11(12)10(6-9)8(3)13/h4-7H,12H2,1-3H3. The molecule has 0 radical (unpaired) electrons. The number of ether oxygens (including phenoxy) is 1. The summed E-state index contributed by atoms with van der Waals surface area (Å²) in [6, 6.07) is 5.61. The van der Waals surface area contributed by atoms with Crippen molar-refractivity contribution in [2.45, 2.75) is 26.9 Å². The maximum Gasteiger partial charge on any atom is 0.159 e.